The number of aliphatic hydroxyl groups is 2. The highest BCUT2D eigenvalue weighted by molar-refractivity contribution is 5.82. The molecule has 18 heavy (non-hydrogen) atoms. The average Bonchev–Trinajstić information content (AvgIpc) is 2.93. The molecule has 0 amide bonds. The first-order valence-corrected chi connectivity index (χ1v) is 5.56. The van der Waals surface area contributed by atoms with Crippen LogP contribution in [0.5, 0.6) is 0 Å². The Bertz CT molecular complexity index is 629. The van der Waals surface area contributed by atoms with Crippen LogP contribution in [0.1, 0.15) is 6.42 Å². The molecule has 4 N–H and O–H groups in total. The molecule has 0 aromatic carbocycles. The van der Waals surface area contributed by atoms with Crippen molar-refractivity contribution in [1.82, 2.24) is 19.5 Å². The summed E-state index contributed by atoms with van der Waals surface area (Å²) >= 11 is 0. The van der Waals surface area contributed by atoms with Crippen LogP contribution in [-0.4, -0.2) is 42.9 Å². The monoisotopic (exact) mass is 247 g/mol. The Morgan fingerprint density at radius 1 is 1.33 bits per heavy atom. The third kappa shape index (κ3) is 1.48. The third-order valence-electron chi connectivity index (χ3n) is 3.37. The molecule has 0 atom stereocenters. The van der Waals surface area contributed by atoms with E-state index in [0.29, 0.717) is 23.4 Å². The maximum atomic E-state index is 9.24. The lowest BCUT2D eigenvalue weighted by Gasteiger charge is -2.04. The quantitative estimate of drug-likeness (QED) is 0.682. The van der Waals surface area contributed by atoms with Crippen molar-refractivity contribution < 1.29 is 10.2 Å². The fourth-order valence-electron chi connectivity index (χ4n) is 2.00. The lowest BCUT2D eigenvalue weighted by molar-refractivity contribution is 0.143. The summed E-state index contributed by atoms with van der Waals surface area (Å²) in [7, 11) is 0. The molecule has 2 aromatic heterocycles. The van der Waals surface area contributed by atoms with Gasteiger partial charge in [-0.1, -0.05) is 0 Å². The van der Waals surface area contributed by atoms with Crippen molar-refractivity contribution >= 4 is 23.2 Å². The SMILES string of the molecule is Nc1ncnc2c1ncn2C=C1CC1(CO)CO. The van der Waals surface area contributed by atoms with Gasteiger partial charge in [0.15, 0.2) is 17.0 Å². The molecule has 0 aliphatic heterocycles. The number of imidazole rings is 1. The number of nitrogens with zero attached hydrogens (tertiary/aromatic N) is 4. The van der Waals surface area contributed by atoms with Gasteiger partial charge < -0.3 is 15.9 Å². The van der Waals surface area contributed by atoms with Crippen molar-refractivity contribution in [3.63, 3.8) is 0 Å². The largest absolute Gasteiger partial charge is 0.395 e. The van der Waals surface area contributed by atoms with Crippen molar-refractivity contribution in [3.8, 4) is 0 Å². The van der Waals surface area contributed by atoms with Gasteiger partial charge in [0.1, 0.15) is 12.7 Å². The molecule has 2 heterocycles. The van der Waals surface area contributed by atoms with Crippen LogP contribution in [0, 0.1) is 5.41 Å². The molecule has 94 valence electrons. The normalized spacial score (nSPS) is 19.6. The Morgan fingerprint density at radius 3 is 2.78 bits per heavy atom. The highest BCUT2D eigenvalue weighted by Crippen LogP contribution is 2.51. The summed E-state index contributed by atoms with van der Waals surface area (Å²) in [5, 5.41) is 18.5. The Kier molecular flexibility index (Phi) is 2.32. The molecule has 0 unspecified atom stereocenters. The first kappa shape index (κ1) is 11.1. The van der Waals surface area contributed by atoms with Gasteiger partial charge >= 0.3 is 0 Å². The van der Waals surface area contributed by atoms with E-state index in [1.54, 1.807) is 10.9 Å². The van der Waals surface area contributed by atoms with Crippen molar-refractivity contribution in [3.05, 3.63) is 18.2 Å². The average molecular weight is 247 g/mol. The number of fused-ring (bicyclic) bond motifs is 1. The predicted molar refractivity (Wildman–Crippen MR) is 65.2 cm³/mol. The van der Waals surface area contributed by atoms with Crippen molar-refractivity contribution in [1.29, 1.82) is 0 Å². The summed E-state index contributed by atoms with van der Waals surface area (Å²) in [6.45, 7) is -0.113. The molecular formula is C11H13N5O2. The summed E-state index contributed by atoms with van der Waals surface area (Å²) in [6, 6.07) is 0. The number of anilines is 1. The van der Waals surface area contributed by atoms with E-state index in [0.717, 1.165) is 5.57 Å². The Hall–Kier alpha value is -1.99. The maximum Gasteiger partial charge on any atom is 0.169 e. The van der Waals surface area contributed by atoms with Gasteiger partial charge in [0.2, 0.25) is 0 Å². The third-order valence-corrected chi connectivity index (χ3v) is 3.37. The number of nitrogen functional groups attached to an aromatic ring is 1. The number of hydrogen-bond donors (Lipinski definition) is 3. The summed E-state index contributed by atoms with van der Waals surface area (Å²) < 4.78 is 1.73. The molecule has 2 aromatic rings. The number of rotatable bonds is 3. The molecule has 7 heteroatoms. The van der Waals surface area contributed by atoms with Gasteiger partial charge in [0.05, 0.1) is 13.2 Å². The summed E-state index contributed by atoms with van der Waals surface area (Å²) in [5.74, 6) is 0.337. The molecule has 1 fully saturated rings. The first-order chi connectivity index (χ1) is 8.70. The fraction of sp³-hybridized carbons (Fsp3) is 0.364. The summed E-state index contributed by atoms with van der Waals surface area (Å²) in [4.78, 5) is 12.1. The van der Waals surface area contributed by atoms with Gasteiger partial charge in [-0.2, -0.15) is 0 Å². The molecular weight excluding hydrogens is 234 g/mol. The molecule has 0 radical (unpaired) electrons. The second kappa shape index (κ2) is 3.76. The van der Waals surface area contributed by atoms with Crippen LogP contribution in [0.4, 0.5) is 5.82 Å². The molecule has 0 spiro atoms. The summed E-state index contributed by atoms with van der Waals surface area (Å²) in [5.41, 5.74) is 7.36. The predicted octanol–water partition coefficient (Wildman–Crippen LogP) is -0.376. The minimum atomic E-state index is -0.477. The number of aliphatic hydroxyl groups excluding tert-OH is 2. The zero-order valence-electron chi connectivity index (χ0n) is 9.61. The van der Waals surface area contributed by atoms with Gasteiger partial charge in [-0.15, -0.1) is 0 Å². The van der Waals surface area contributed by atoms with E-state index < -0.39 is 5.41 Å². The molecule has 3 rings (SSSR count). The van der Waals surface area contributed by atoms with Crippen LogP contribution in [0.3, 0.4) is 0 Å². The van der Waals surface area contributed by atoms with Gasteiger partial charge in [-0.3, -0.25) is 4.57 Å². The topological polar surface area (TPSA) is 110 Å². The molecule has 1 saturated carbocycles. The van der Waals surface area contributed by atoms with E-state index in [1.165, 1.54) is 6.33 Å². The van der Waals surface area contributed by atoms with Crippen LogP contribution >= 0.6 is 0 Å². The first-order valence-electron chi connectivity index (χ1n) is 5.56. The minimum Gasteiger partial charge on any atom is -0.395 e. The smallest absolute Gasteiger partial charge is 0.169 e. The molecule has 1 aliphatic rings. The Balaban J connectivity index is 2.03. The molecule has 7 nitrogen and oxygen atoms in total. The number of aromatic nitrogens is 4. The minimum absolute atomic E-state index is 0.0565. The lowest BCUT2D eigenvalue weighted by atomic mass is 10.1. The van der Waals surface area contributed by atoms with E-state index >= 15 is 0 Å². The molecule has 1 aliphatic carbocycles. The fourth-order valence-corrected chi connectivity index (χ4v) is 2.00. The number of nitrogens with two attached hydrogens (primary N) is 1. The van der Waals surface area contributed by atoms with E-state index in [4.69, 9.17) is 5.73 Å². The zero-order valence-corrected chi connectivity index (χ0v) is 9.61. The highest BCUT2D eigenvalue weighted by atomic mass is 16.3. The van der Waals surface area contributed by atoms with Crippen LogP contribution in [0.15, 0.2) is 18.2 Å². The van der Waals surface area contributed by atoms with Crippen molar-refractivity contribution in [2.75, 3.05) is 18.9 Å². The maximum absolute atomic E-state index is 9.24. The van der Waals surface area contributed by atoms with Gasteiger partial charge in [0, 0.05) is 11.6 Å². The van der Waals surface area contributed by atoms with Crippen molar-refractivity contribution in [2.24, 2.45) is 5.41 Å². The van der Waals surface area contributed by atoms with E-state index in [-0.39, 0.29) is 13.2 Å². The van der Waals surface area contributed by atoms with Crippen LogP contribution in [0.25, 0.3) is 17.4 Å². The number of hydrogen-bond acceptors (Lipinski definition) is 6. The molecule has 0 saturated heterocycles. The lowest BCUT2D eigenvalue weighted by Crippen LogP contribution is -2.12. The zero-order chi connectivity index (χ0) is 12.8. The molecule has 0 bridgehead atoms. The van der Waals surface area contributed by atoms with Crippen molar-refractivity contribution in [2.45, 2.75) is 6.42 Å². The van der Waals surface area contributed by atoms with E-state index in [1.807, 2.05) is 6.20 Å². The van der Waals surface area contributed by atoms with E-state index in [2.05, 4.69) is 15.0 Å². The second-order valence-electron chi connectivity index (χ2n) is 4.51. The van der Waals surface area contributed by atoms with Gasteiger partial charge in [-0.05, 0) is 12.0 Å². The van der Waals surface area contributed by atoms with Gasteiger partial charge in [0.25, 0.3) is 0 Å². The Labute approximate surface area is 103 Å². The van der Waals surface area contributed by atoms with Gasteiger partial charge in [-0.25, -0.2) is 15.0 Å². The van der Waals surface area contributed by atoms with Crippen LogP contribution < -0.4 is 5.73 Å². The Morgan fingerprint density at radius 2 is 2.11 bits per heavy atom. The second-order valence-corrected chi connectivity index (χ2v) is 4.51. The standard InChI is InChI=1S/C11H13N5O2/c12-9-8-10(14-5-13-9)16(6-15-8)2-7-1-11(7,3-17)4-18/h2,5-6,17-18H,1,3-4H2,(H2,12,13,14). The van der Waals surface area contributed by atoms with E-state index in [9.17, 15) is 10.2 Å². The van der Waals surface area contributed by atoms with Crippen LogP contribution in [0.2, 0.25) is 0 Å². The highest BCUT2D eigenvalue weighted by Gasteiger charge is 2.48. The van der Waals surface area contributed by atoms with Crippen LogP contribution in [-0.2, 0) is 0 Å². The summed E-state index contributed by atoms with van der Waals surface area (Å²) in [6.07, 6.45) is 5.49.